The number of anilines is 1. The molecule has 4 rings (SSSR count). The van der Waals surface area contributed by atoms with Crippen LogP contribution in [-0.4, -0.2) is 30.4 Å². The molecule has 0 bridgehead atoms. The standard InChI is InChI=1S/C29H26N6O4S/c30-20-33-29(32-19-25-12-4-5-15-31-25)34-24-13-6-10-22(16-24)23-11-7-14-26(17-23)40(38,39)35-27(18-28(36)37)21-8-2-1-3-9-21/h1-17,27,35H,18-19H2,(H,36,37)(H2,32,33,34). The van der Waals surface area contributed by atoms with Crippen LogP contribution in [0.2, 0.25) is 0 Å². The van der Waals surface area contributed by atoms with Crippen LogP contribution in [0.1, 0.15) is 23.7 Å². The molecule has 1 unspecified atom stereocenters. The summed E-state index contributed by atoms with van der Waals surface area (Å²) in [6.07, 6.45) is 3.12. The predicted octanol–water partition coefficient (Wildman–Crippen LogP) is 4.28. The Balaban J connectivity index is 1.56. The number of hydrogen-bond donors (Lipinski definition) is 4. The average Bonchev–Trinajstić information content (AvgIpc) is 2.96. The Labute approximate surface area is 232 Å². The summed E-state index contributed by atoms with van der Waals surface area (Å²) in [4.78, 5) is 20.0. The predicted molar refractivity (Wildman–Crippen MR) is 151 cm³/mol. The summed E-state index contributed by atoms with van der Waals surface area (Å²) in [6, 6.07) is 26.7. The monoisotopic (exact) mass is 554 g/mol. The SMILES string of the molecule is N#CNC(=NCc1ccccn1)Nc1cccc(-c2cccc(S(=O)(=O)NC(CC(=O)O)c3ccccc3)c2)c1. The van der Waals surface area contributed by atoms with E-state index in [4.69, 9.17) is 5.26 Å². The Bertz CT molecular complexity index is 1640. The Morgan fingerprint density at radius 2 is 1.68 bits per heavy atom. The topological polar surface area (TPSA) is 157 Å². The third-order valence-corrected chi connectivity index (χ3v) is 7.25. The quantitative estimate of drug-likeness (QED) is 0.0979. The first kappa shape index (κ1) is 28.0. The molecule has 0 spiro atoms. The van der Waals surface area contributed by atoms with Gasteiger partial charge in [-0.3, -0.25) is 15.1 Å². The number of aromatic nitrogens is 1. The number of carboxylic acids is 1. The molecular weight excluding hydrogens is 528 g/mol. The van der Waals surface area contributed by atoms with Crippen LogP contribution in [0.15, 0.2) is 113 Å². The molecule has 10 nitrogen and oxygen atoms in total. The highest BCUT2D eigenvalue weighted by Crippen LogP contribution is 2.27. The maximum atomic E-state index is 13.3. The zero-order valence-corrected chi connectivity index (χ0v) is 22.0. The van der Waals surface area contributed by atoms with Crippen molar-refractivity contribution in [1.29, 1.82) is 5.26 Å². The molecule has 0 aliphatic rings. The van der Waals surface area contributed by atoms with Gasteiger partial charge >= 0.3 is 5.97 Å². The molecular formula is C29H26N6O4S. The molecule has 40 heavy (non-hydrogen) atoms. The van der Waals surface area contributed by atoms with E-state index in [0.717, 1.165) is 5.69 Å². The molecule has 0 saturated heterocycles. The van der Waals surface area contributed by atoms with E-state index in [1.165, 1.54) is 12.1 Å². The second-order valence-electron chi connectivity index (χ2n) is 8.64. The van der Waals surface area contributed by atoms with Crippen LogP contribution in [0, 0.1) is 11.5 Å². The number of hydrogen-bond acceptors (Lipinski definition) is 6. The minimum absolute atomic E-state index is 0.00144. The van der Waals surface area contributed by atoms with E-state index in [2.05, 4.69) is 25.3 Å². The van der Waals surface area contributed by atoms with Crippen molar-refractivity contribution in [3.05, 3.63) is 115 Å². The zero-order valence-electron chi connectivity index (χ0n) is 21.2. The average molecular weight is 555 g/mol. The van der Waals surface area contributed by atoms with Gasteiger partial charge in [0.25, 0.3) is 0 Å². The summed E-state index contributed by atoms with van der Waals surface area (Å²) in [5.41, 5.74) is 3.25. The molecule has 4 aromatic rings. The van der Waals surface area contributed by atoms with Crippen molar-refractivity contribution in [3.63, 3.8) is 0 Å². The van der Waals surface area contributed by atoms with Gasteiger partial charge in [-0.15, -0.1) is 0 Å². The zero-order chi connectivity index (χ0) is 28.4. The number of pyridine rings is 1. The fraction of sp³-hybridized carbons (Fsp3) is 0.103. The first-order valence-corrected chi connectivity index (χ1v) is 13.7. The number of aliphatic carboxylic acids is 1. The largest absolute Gasteiger partial charge is 0.481 e. The van der Waals surface area contributed by atoms with Gasteiger partial charge in [0.15, 0.2) is 6.19 Å². The van der Waals surface area contributed by atoms with E-state index in [1.54, 1.807) is 72.9 Å². The molecule has 202 valence electrons. The van der Waals surface area contributed by atoms with E-state index in [0.29, 0.717) is 22.4 Å². The third kappa shape index (κ3) is 7.73. The Morgan fingerprint density at radius 1 is 0.950 bits per heavy atom. The fourth-order valence-corrected chi connectivity index (χ4v) is 5.18. The fourth-order valence-electron chi connectivity index (χ4n) is 3.91. The molecule has 0 fully saturated rings. The van der Waals surface area contributed by atoms with E-state index in [1.807, 2.05) is 24.4 Å². The molecule has 0 amide bonds. The molecule has 1 heterocycles. The highest BCUT2D eigenvalue weighted by atomic mass is 32.2. The van der Waals surface area contributed by atoms with E-state index in [-0.39, 0.29) is 17.4 Å². The lowest BCUT2D eigenvalue weighted by atomic mass is 10.1. The molecule has 1 aromatic heterocycles. The minimum Gasteiger partial charge on any atom is -0.481 e. The van der Waals surface area contributed by atoms with Crippen LogP contribution in [0.4, 0.5) is 5.69 Å². The minimum atomic E-state index is -4.05. The number of benzene rings is 3. The summed E-state index contributed by atoms with van der Waals surface area (Å²) in [5, 5.41) is 24.1. The number of rotatable bonds is 10. The Morgan fingerprint density at radius 3 is 2.38 bits per heavy atom. The second kappa shape index (κ2) is 13.1. The number of nitrogens with one attached hydrogen (secondary N) is 3. The van der Waals surface area contributed by atoms with Crippen molar-refractivity contribution in [2.45, 2.75) is 23.9 Å². The number of carbonyl (C=O) groups is 1. The van der Waals surface area contributed by atoms with Crippen LogP contribution in [0.25, 0.3) is 11.1 Å². The van der Waals surface area contributed by atoms with Gasteiger partial charge in [-0.25, -0.2) is 18.1 Å². The number of sulfonamides is 1. The summed E-state index contributed by atoms with van der Waals surface area (Å²) in [6.45, 7) is 0.260. The van der Waals surface area contributed by atoms with Gasteiger partial charge in [0.05, 0.1) is 29.6 Å². The maximum Gasteiger partial charge on any atom is 0.305 e. The molecule has 3 aromatic carbocycles. The van der Waals surface area contributed by atoms with Crippen molar-refractivity contribution in [2.75, 3.05) is 5.32 Å². The van der Waals surface area contributed by atoms with Crippen molar-refractivity contribution >= 4 is 27.6 Å². The lowest BCUT2D eigenvalue weighted by Crippen LogP contribution is -2.30. The van der Waals surface area contributed by atoms with Gasteiger partial charge < -0.3 is 10.4 Å². The highest BCUT2D eigenvalue weighted by Gasteiger charge is 2.24. The molecule has 1 atom stereocenters. The van der Waals surface area contributed by atoms with E-state index in [9.17, 15) is 18.3 Å². The van der Waals surface area contributed by atoms with Crippen LogP contribution in [0.5, 0.6) is 0 Å². The summed E-state index contributed by atoms with van der Waals surface area (Å²) in [7, 11) is -4.05. The van der Waals surface area contributed by atoms with E-state index >= 15 is 0 Å². The van der Waals surface area contributed by atoms with Crippen molar-refractivity contribution in [3.8, 4) is 17.3 Å². The molecule has 4 N–H and O–H groups in total. The van der Waals surface area contributed by atoms with Crippen LogP contribution < -0.4 is 15.4 Å². The van der Waals surface area contributed by atoms with Crippen LogP contribution in [-0.2, 0) is 21.4 Å². The molecule has 0 radical (unpaired) electrons. The van der Waals surface area contributed by atoms with Crippen molar-refractivity contribution in [2.24, 2.45) is 4.99 Å². The van der Waals surface area contributed by atoms with Gasteiger partial charge in [-0.1, -0.05) is 60.7 Å². The Hall–Kier alpha value is -5.05. The van der Waals surface area contributed by atoms with E-state index < -0.39 is 28.5 Å². The van der Waals surface area contributed by atoms with Crippen molar-refractivity contribution in [1.82, 2.24) is 15.0 Å². The highest BCUT2D eigenvalue weighted by molar-refractivity contribution is 7.89. The second-order valence-corrected chi connectivity index (χ2v) is 10.4. The van der Waals surface area contributed by atoms with Gasteiger partial charge in [0.2, 0.25) is 16.0 Å². The first-order valence-electron chi connectivity index (χ1n) is 12.2. The molecule has 0 saturated carbocycles. The number of carboxylic acid groups (broad SMARTS) is 1. The number of aliphatic imine (C=N–C) groups is 1. The first-order chi connectivity index (χ1) is 19.3. The summed E-state index contributed by atoms with van der Waals surface area (Å²) in [5.74, 6) is -0.889. The maximum absolute atomic E-state index is 13.3. The lowest BCUT2D eigenvalue weighted by molar-refractivity contribution is -0.137. The molecule has 0 aliphatic heterocycles. The van der Waals surface area contributed by atoms with Gasteiger partial charge in [-0.2, -0.15) is 5.26 Å². The Kier molecular flexibility index (Phi) is 9.19. The van der Waals surface area contributed by atoms with Gasteiger partial charge in [0, 0.05) is 11.9 Å². The lowest BCUT2D eigenvalue weighted by Gasteiger charge is -2.18. The number of nitrogens with zero attached hydrogens (tertiary/aromatic N) is 3. The molecule has 11 heteroatoms. The van der Waals surface area contributed by atoms with Crippen molar-refractivity contribution < 1.29 is 18.3 Å². The van der Waals surface area contributed by atoms with Crippen LogP contribution >= 0.6 is 0 Å². The van der Waals surface area contributed by atoms with Gasteiger partial charge in [-0.05, 0) is 53.1 Å². The normalized spacial score (nSPS) is 12.2. The number of nitriles is 1. The third-order valence-electron chi connectivity index (χ3n) is 5.78. The smallest absolute Gasteiger partial charge is 0.305 e. The summed E-state index contributed by atoms with van der Waals surface area (Å²) >= 11 is 0. The number of guanidine groups is 1. The van der Waals surface area contributed by atoms with Crippen LogP contribution in [0.3, 0.4) is 0 Å². The van der Waals surface area contributed by atoms with Gasteiger partial charge in [0.1, 0.15) is 0 Å². The molecule has 0 aliphatic carbocycles. The summed E-state index contributed by atoms with van der Waals surface area (Å²) < 4.78 is 29.1.